The van der Waals surface area contributed by atoms with Gasteiger partial charge in [-0.1, -0.05) is 20.3 Å². The van der Waals surface area contributed by atoms with Gasteiger partial charge in [-0.3, -0.25) is 0 Å². The van der Waals surface area contributed by atoms with Crippen molar-refractivity contribution in [1.82, 2.24) is 0 Å². The summed E-state index contributed by atoms with van der Waals surface area (Å²) in [6, 6.07) is 0. The molecule has 2 atom stereocenters. The summed E-state index contributed by atoms with van der Waals surface area (Å²) in [6.45, 7) is 4.61. The van der Waals surface area contributed by atoms with Crippen molar-refractivity contribution in [3.63, 3.8) is 0 Å². The maximum Gasteiger partial charge on any atom is 0.0218 e. The van der Waals surface area contributed by atoms with Crippen LogP contribution in [0.4, 0.5) is 0 Å². The molecule has 11 heavy (non-hydrogen) atoms. The van der Waals surface area contributed by atoms with Gasteiger partial charge in [-0.15, -0.1) is 0 Å². The Balaban J connectivity index is 1.94. The number of rotatable bonds is 2. The predicted octanol–water partition coefficient (Wildman–Crippen LogP) is 2.16. The lowest BCUT2D eigenvalue weighted by molar-refractivity contribution is 0.223. The standard InChI is InChI=1S/C10H19N/c1-7(2)9-6-10(9,11)8-4-3-5-8/h7-9H,3-6,11H2,1-2H3. The third-order valence-corrected chi connectivity index (χ3v) is 3.77. The summed E-state index contributed by atoms with van der Waals surface area (Å²) in [5.74, 6) is 2.53. The second-order valence-corrected chi connectivity index (χ2v) is 4.79. The van der Waals surface area contributed by atoms with Crippen molar-refractivity contribution >= 4 is 0 Å². The van der Waals surface area contributed by atoms with Gasteiger partial charge < -0.3 is 5.73 Å². The van der Waals surface area contributed by atoms with E-state index in [4.69, 9.17) is 5.73 Å². The summed E-state index contributed by atoms with van der Waals surface area (Å²) in [5, 5.41) is 0. The van der Waals surface area contributed by atoms with Crippen LogP contribution < -0.4 is 5.73 Å². The van der Waals surface area contributed by atoms with Crippen molar-refractivity contribution in [3.8, 4) is 0 Å². The highest BCUT2D eigenvalue weighted by Crippen LogP contribution is 2.56. The lowest BCUT2D eigenvalue weighted by Gasteiger charge is -2.33. The van der Waals surface area contributed by atoms with Crippen LogP contribution in [0.25, 0.3) is 0 Å². The Hall–Kier alpha value is -0.0400. The van der Waals surface area contributed by atoms with E-state index in [0.29, 0.717) is 0 Å². The first-order chi connectivity index (χ1) is 5.14. The van der Waals surface area contributed by atoms with Crippen molar-refractivity contribution in [2.24, 2.45) is 23.5 Å². The Morgan fingerprint density at radius 2 is 2.00 bits per heavy atom. The van der Waals surface area contributed by atoms with Crippen LogP contribution in [0.3, 0.4) is 0 Å². The molecule has 0 saturated heterocycles. The smallest absolute Gasteiger partial charge is 0.0218 e. The van der Waals surface area contributed by atoms with Gasteiger partial charge >= 0.3 is 0 Å². The topological polar surface area (TPSA) is 26.0 Å². The molecule has 0 radical (unpaired) electrons. The van der Waals surface area contributed by atoms with Gasteiger partial charge in [0.05, 0.1) is 0 Å². The quantitative estimate of drug-likeness (QED) is 0.646. The van der Waals surface area contributed by atoms with Gasteiger partial charge in [0.25, 0.3) is 0 Å². The molecule has 2 saturated carbocycles. The van der Waals surface area contributed by atoms with Crippen molar-refractivity contribution in [3.05, 3.63) is 0 Å². The summed E-state index contributed by atoms with van der Waals surface area (Å²) in [7, 11) is 0. The lowest BCUT2D eigenvalue weighted by Crippen LogP contribution is -2.39. The van der Waals surface area contributed by atoms with E-state index in [0.717, 1.165) is 17.8 Å². The van der Waals surface area contributed by atoms with Crippen molar-refractivity contribution in [1.29, 1.82) is 0 Å². The maximum atomic E-state index is 6.30. The van der Waals surface area contributed by atoms with Crippen LogP contribution in [-0.4, -0.2) is 5.54 Å². The normalized spacial score (nSPS) is 44.2. The number of hydrogen-bond donors (Lipinski definition) is 1. The molecule has 2 fully saturated rings. The average molecular weight is 153 g/mol. The Kier molecular flexibility index (Phi) is 1.54. The Morgan fingerprint density at radius 1 is 1.36 bits per heavy atom. The van der Waals surface area contributed by atoms with Crippen molar-refractivity contribution in [2.75, 3.05) is 0 Å². The zero-order valence-corrected chi connectivity index (χ0v) is 7.64. The molecule has 0 spiro atoms. The fraction of sp³-hybridized carbons (Fsp3) is 1.00. The molecular weight excluding hydrogens is 134 g/mol. The first-order valence-electron chi connectivity index (χ1n) is 4.93. The van der Waals surface area contributed by atoms with E-state index in [1.54, 1.807) is 0 Å². The second-order valence-electron chi connectivity index (χ2n) is 4.79. The van der Waals surface area contributed by atoms with Gasteiger partial charge in [-0.2, -0.15) is 0 Å². The molecule has 0 aliphatic heterocycles. The van der Waals surface area contributed by atoms with Gasteiger partial charge in [-0.25, -0.2) is 0 Å². The van der Waals surface area contributed by atoms with Crippen molar-refractivity contribution < 1.29 is 0 Å². The number of nitrogens with two attached hydrogens (primary N) is 1. The molecule has 2 N–H and O–H groups in total. The second kappa shape index (κ2) is 2.22. The Labute approximate surface area is 69.4 Å². The summed E-state index contributed by atoms with van der Waals surface area (Å²) >= 11 is 0. The molecular formula is C10H19N. The van der Waals surface area contributed by atoms with Crippen molar-refractivity contribution in [2.45, 2.75) is 45.1 Å². The molecule has 0 aromatic carbocycles. The van der Waals surface area contributed by atoms with Crippen LogP contribution in [0.5, 0.6) is 0 Å². The largest absolute Gasteiger partial charge is 0.325 e. The Morgan fingerprint density at radius 3 is 2.27 bits per heavy atom. The zero-order valence-electron chi connectivity index (χ0n) is 7.64. The molecule has 0 aromatic heterocycles. The fourth-order valence-corrected chi connectivity index (χ4v) is 2.59. The zero-order chi connectivity index (χ0) is 8.06. The van der Waals surface area contributed by atoms with Crippen LogP contribution in [0.1, 0.15) is 39.5 Å². The van der Waals surface area contributed by atoms with Gasteiger partial charge in [0.2, 0.25) is 0 Å². The minimum Gasteiger partial charge on any atom is -0.325 e. The monoisotopic (exact) mass is 153 g/mol. The minimum absolute atomic E-state index is 0.284. The molecule has 0 amide bonds. The van der Waals surface area contributed by atoms with Gasteiger partial charge in [0.15, 0.2) is 0 Å². The van der Waals surface area contributed by atoms with E-state index in [1.165, 1.54) is 25.7 Å². The van der Waals surface area contributed by atoms with E-state index in [2.05, 4.69) is 13.8 Å². The molecule has 0 heterocycles. The van der Waals surface area contributed by atoms with Gasteiger partial charge in [0.1, 0.15) is 0 Å². The number of hydrogen-bond acceptors (Lipinski definition) is 1. The van der Waals surface area contributed by atoms with Crippen LogP contribution in [-0.2, 0) is 0 Å². The first kappa shape index (κ1) is 7.60. The first-order valence-corrected chi connectivity index (χ1v) is 4.93. The summed E-state index contributed by atoms with van der Waals surface area (Å²) in [6.07, 6.45) is 5.53. The molecule has 2 aliphatic rings. The maximum absolute atomic E-state index is 6.30. The van der Waals surface area contributed by atoms with Crippen LogP contribution in [0.15, 0.2) is 0 Å². The molecule has 0 aromatic rings. The third kappa shape index (κ3) is 1.01. The molecule has 2 rings (SSSR count). The molecule has 0 bridgehead atoms. The predicted molar refractivity (Wildman–Crippen MR) is 47.2 cm³/mol. The van der Waals surface area contributed by atoms with Crippen LogP contribution in [0.2, 0.25) is 0 Å². The lowest BCUT2D eigenvalue weighted by atomic mass is 9.76. The van der Waals surface area contributed by atoms with Gasteiger partial charge in [-0.05, 0) is 37.0 Å². The van der Waals surface area contributed by atoms with Crippen LogP contribution in [0, 0.1) is 17.8 Å². The van der Waals surface area contributed by atoms with E-state index in [9.17, 15) is 0 Å². The highest BCUT2D eigenvalue weighted by Gasteiger charge is 2.57. The Bertz CT molecular complexity index is 160. The van der Waals surface area contributed by atoms with E-state index < -0.39 is 0 Å². The van der Waals surface area contributed by atoms with Crippen LogP contribution >= 0.6 is 0 Å². The summed E-state index contributed by atoms with van der Waals surface area (Å²) in [4.78, 5) is 0. The highest BCUT2D eigenvalue weighted by atomic mass is 14.9. The van der Waals surface area contributed by atoms with E-state index in [-0.39, 0.29) is 5.54 Å². The summed E-state index contributed by atoms with van der Waals surface area (Å²) in [5.41, 5.74) is 6.58. The van der Waals surface area contributed by atoms with E-state index in [1.807, 2.05) is 0 Å². The van der Waals surface area contributed by atoms with E-state index >= 15 is 0 Å². The summed E-state index contributed by atoms with van der Waals surface area (Å²) < 4.78 is 0. The molecule has 1 nitrogen and oxygen atoms in total. The van der Waals surface area contributed by atoms with Gasteiger partial charge in [0, 0.05) is 5.54 Å². The molecule has 1 heteroatoms. The third-order valence-electron chi connectivity index (χ3n) is 3.77. The molecule has 2 unspecified atom stereocenters. The molecule has 2 aliphatic carbocycles. The fourth-order valence-electron chi connectivity index (χ4n) is 2.59. The highest BCUT2D eigenvalue weighted by molar-refractivity contribution is 5.14. The average Bonchev–Trinajstić information content (AvgIpc) is 2.37. The molecule has 64 valence electrons. The SMILES string of the molecule is CC(C)C1CC1(N)C1CCC1. The minimum atomic E-state index is 0.284.